The zero-order chi connectivity index (χ0) is 21.3. The number of nitrogens with zero attached hydrogens (tertiary/aromatic N) is 2. The lowest BCUT2D eigenvalue weighted by molar-refractivity contribution is -0.141. The Hall–Kier alpha value is -3.27. The number of rotatable bonds is 6. The SMILES string of the molecule is CC(C)C(Nc1nnc(-c2csc3ccccc23)o1)C(=O)NC1CCNC(=O)C1=O. The summed E-state index contributed by atoms with van der Waals surface area (Å²) in [6.07, 6.45) is 0.358. The van der Waals surface area contributed by atoms with Gasteiger partial charge in [-0.1, -0.05) is 37.1 Å². The van der Waals surface area contributed by atoms with Gasteiger partial charge in [-0.2, -0.15) is 0 Å². The number of aromatic nitrogens is 2. The molecule has 1 aliphatic rings. The highest BCUT2D eigenvalue weighted by molar-refractivity contribution is 7.17. The van der Waals surface area contributed by atoms with Crippen molar-refractivity contribution >= 4 is 45.0 Å². The Labute approximate surface area is 176 Å². The number of fused-ring (bicyclic) bond motifs is 1. The maximum absolute atomic E-state index is 12.8. The van der Waals surface area contributed by atoms with Gasteiger partial charge < -0.3 is 20.4 Å². The van der Waals surface area contributed by atoms with Crippen LogP contribution in [0.15, 0.2) is 34.1 Å². The van der Waals surface area contributed by atoms with Crippen LogP contribution in [0, 0.1) is 5.92 Å². The van der Waals surface area contributed by atoms with E-state index in [9.17, 15) is 14.4 Å². The molecule has 2 atom stereocenters. The van der Waals surface area contributed by atoms with E-state index in [0.29, 0.717) is 18.9 Å². The molecule has 3 N–H and O–H groups in total. The van der Waals surface area contributed by atoms with Crippen LogP contribution < -0.4 is 16.0 Å². The van der Waals surface area contributed by atoms with Crippen LogP contribution >= 0.6 is 11.3 Å². The Bertz CT molecular complexity index is 1110. The molecule has 2 aromatic heterocycles. The zero-order valence-corrected chi connectivity index (χ0v) is 17.3. The van der Waals surface area contributed by atoms with Crippen LogP contribution in [-0.4, -0.2) is 46.4 Å². The van der Waals surface area contributed by atoms with E-state index in [4.69, 9.17) is 4.42 Å². The smallest absolute Gasteiger partial charge is 0.316 e. The number of amides is 2. The van der Waals surface area contributed by atoms with Crippen LogP contribution in [0.5, 0.6) is 0 Å². The van der Waals surface area contributed by atoms with Crippen LogP contribution in [0.3, 0.4) is 0 Å². The van der Waals surface area contributed by atoms with Crippen molar-refractivity contribution in [2.75, 3.05) is 11.9 Å². The van der Waals surface area contributed by atoms with Crippen molar-refractivity contribution in [3.63, 3.8) is 0 Å². The van der Waals surface area contributed by atoms with E-state index in [0.717, 1.165) is 15.6 Å². The maximum atomic E-state index is 12.8. The highest BCUT2D eigenvalue weighted by Gasteiger charge is 2.33. The summed E-state index contributed by atoms with van der Waals surface area (Å²) in [6, 6.07) is 6.49. The van der Waals surface area contributed by atoms with Crippen LogP contribution in [0.25, 0.3) is 21.5 Å². The highest BCUT2D eigenvalue weighted by Crippen LogP contribution is 2.33. The van der Waals surface area contributed by atoms with Crippen molar-refractivity contribution in [2.45, 2.75) is 32.4 Å². The summed E-state index contributed by atoms with van der Waals surface area (Å²) in [5, 5.41) is 19.2. The molecule has 2 amide bonds. The van der Waals surface area contributed by atoms with E-state index in [1.807, 2.05) is 43.5 Å². The number of benzene rings is 1. The molecule has 3 aromatic rings. The first-order valence-corrected chi connectivity index (χ1v) is 10.5. The largest absolute Gasteiger partial charge is 0.403 e. The average molecular weight is 427 g/mol. The van der Waals surface area contributed by atoms with Gasteiger partial charge >= 0.3 is 6.01 Å². The zero-order valence-electron chi connectivity index (χ0n) is 16.5. The molecule has 30 heavy (non-hydrogen) atoms. The van der Waals surface area contributed by atoms with E-state index >= 15 is 0 Å². The first kappa shape index (κ1) is 20.0. The highest BCUT2D eigenvalue weighted by atomic mass is 32.1. The van der Waals surface area contributed by atoms with Crippen LogP contribution in [0.2, 0.25) is 0 Å². The molecule has 1 saturated heterocycles. The molecule has 0 radical (unpaired) electrons. The molecule has 156 valence electrons. The molecule has 1 fully saturated rings. The third-order valence-corrected chi connectivity index (χ3v) is 5.90. The first-order valence-electron chi connectivity index (χ1n) is 9.63. The fourth-order valence-electron chi connectivity index (χ4n) is 3.31. The predicted octanol–water partition coefficient (Wildman–Crippen LogP) is 1.96. The Morgan fingerprint density at radius 2 is 2.07 bits per heavy atom. The lowest BCUT2D eigenvalue weighted by Crippen LogP contribution is -2.56. The third kappa shape index (κ3) is 3.90. The standard InChI is InChI=1S/C20H21N5O4S/c1-10(2)15(17(27)22-13-7-8-21-18(28)16(13)26)23-20-25-24-19(29-20)12-9-30-14-6-4-3-5-11(12)14/h3-6,9-10,13,15H,7-8H2,1-2H3,(H,21,28)(H,22,27)(H,23,25). The predicted molar refractivity (Wildman–Crippen MR) is 112 cm³/mol. The monoisotopic (exact) mass is 427 g/mol. The summed E-state index contributed by atoms with van der Waals surface area (Å²) >= 11 is 1.58. The topological polar surface area (TPSA) is 126 Å². The van der Waals surface area contributed by atoms with Crippen molar-refractivity contribution in [3.8, 4) is 11.5 Å². The van der Waals surface area contributed by atoms with Crippen LogP contribution in [0.4, 0.5) is 6.01 Å². The molecule has 0 saturated carbocycles. The van der Waals surface area contributed by atoms with Gasteiger partial charge in [-0.15, -0.1) is 16.4 Å². The number of thiophene rings is 1. The number of carbonyl (C=O) groups is 3. The summed E-state index contributed by atoms with van der Waals surface area (Å²) in [5.41, 5.74) is 0.834. The number of ketones is 1. The van der Waals surface area contributed by atoms with Gasteiger partial charge in [-0.3, -0.25) is 14.4 Å². The van der Waals surface area contributed by atoms with Crippen molar-refractivity contribution in [1.82, 2.24) is 20.8 Å². The molecule has 3 heterocycles. The molecule has 9 nitrogen and oxygen atoms in total. The van der Waals surface area contributed by atoms with E-state index in [2.05, 4.69) is 26.1 Å². The van der Waals surface area contributed by atoms with E-state index < -0.39 is 29.7 Å². The Morgan fingerprint density at radius 1 is 1.27 bits per heavy atom. The molecule has 0 spiro atoms. The molecule has 10 heteroatoms. The second kappa shape index (κ2) is 8.23. The second-order valence-corrected chi connectivity index (χ2v) is 8.31. The number of nitrogens with one attached hydrogen (secondary N) is 3. The molecule has 4 rings (SSSR count). The lowest BCUT2D eigenvalue weighted by atomic mass is 10.0. The second-order valence-electron chi connectivity index (χ2n) is 7.39. The number of piperidine rings is 1. The Balaban J connectivity index is 1.49. The summed E-state index contributed by atoms with van der Waals surface area (Å²) < 4.78 is 6.87. The fourth-order valence-corrected chi connectivity index (χ4v) is 4.24. The Kier molecular flexibility index (Phi) is 5.49. The molecular formula is C20H21N5O4S. The minimum absolute atomic E-state index is 0.113. The van der Waals surface area contributed by atoms with Gasteiger partial charge in [0.2, 0.25) is 11.7 Å². The fraction of sp³-hybridized carbons (Fsp3) is 0.350. The molecular weight excluding hydrogens is 406 g/mol. The Morgan fingerprint density at radius 3 is 2.87 bits per heavy atom. The van der Waals surface area contributed by atoms with Crippen molar-refractivity contribution < 1.29 is 18.8 Å². The third-order valence-electron chi connectivity index (χ3n) is 4.94. The van der Waals surface area contributed by atoms with E-state index in [-0.39, 0.29) is 11.9 Å². The maximum Gasteiger partial charge on any atom is 0.316 e. The summed E-state index contributed by atoms with van der Waals surface area (Å²) in [7, 11) is 0. The lowest BCUT2D eigenvalue weighted by Gasteiger charge is -2.26. The van der Waals surface area contributed by atoms with Crippen molar-refractivity contribution in [1.29, 1.82) is 0 Å². The van der Waals surface area contributed by atoms with E-state index in [1.165, 1.54) is 0 Å². The summed E-state index contributed by atoms with van der Waals surface area (Å²) in [5.74, 6) is -1.49. The molecule has 1 aliphatic heterocycles. The van der Waals surface area contributed by atoms with Gasteiger partial charge in [0.05, 0.1) is 11.6 Å². The van der Waals surface area contributed by atoms with Gasteiger partial charge in [0.15, 0.2) is 0 Å². The van der Waals surface area contributed by atoms with Crippen LogP contribution in [-0.2, 0) is 14.4 Å². The number of hydrogen-bond acceptors (Lipinski definition) is 8. The summed E-state index contributed by atoms with van der Waals surface area (Å²) in [6.45, 7) is 4.06. The molecule has 0 aliphatic carbocycles. The number of hydrogen-bond donors (Lipinski definition) is 3. The van der Waals surface area contributed by atoms with Gasteiger partial charge in [-0.25, -0.2) is 0 Å². The van der Waals surface area contributed by atoms with Crippen molar-refractivity contribution in [2.24, 2.45) is 5.92 Å². The van der Waals surface area contributed by atoms with Crippen LogP contribution in [0.1, 0.15) is 20.3 Å². The van der Waals surface area contributed by atoms with Gasteiger partial charge in [-0.05, 0) is 18.4 Å². The molecule has 1 aromatic carbocycles. The normalized spacial score (nSPS) is 17.8. The molecule has 0 bridgehead atoms. The quantitative estimate of drug-likeness (QED) is 0.513. The van der Waals surface area contributed by atoms with Gasteiger partial charge in [0.25, 0.3) is 11.8 Å². The number of anilines is 1. The number of Topliss-reactive ketones (excluding diaryl/α,β-unsaturated/α-hetero) is 1. The van der Waals surface area contributed by atoms with Gasteiger partial charge in [0, 0.05) is 22.0 Å². The average Bonchev–Trinajstić information content (AvgIpc) is 3.36. The molecule has 2 unspecified atom stereocenters. The first-order chi connectivity index (χ1) is 14.4. The number of carbonyl (C=O) groups excluding carboxylic acids is 3. The van der Waals surface area contributed by atoms with Crippen molar-refractivity contribution in [3.05, 3.63) is 29.6 Å². The van der Waals surface area contributed by atoms with Gasteiger partial charge in [0.1, 0.15) is 6.04 Å². The minimum Gasteiger partial charge on any atom is -0.403 e. The summed E-state index contributed by atoms with van der Waals surface area (Å²) in [4.78, 5) is 36.3. The van der Waals surface area contributed by atoms with E-state index in [1.54, 1.807) is 11.3 Å². The minimum atomic E-state index is -0.829.